The molecule has 0 spiro atoms. The summed E-state index contributed by atoms with van der Waals surface area (Å²) in [6.07, 6.45) is -4.76. The van der Waals surface area contributed by atoms with E-state index in [-0.39, 0.29) is 22.7 Å². The number of benzene rings is 1. The number of thiophene rings is 1. The Morgan fingerprint density at radius 3 is 2.36 bits per heavy atom. The van der Waals surface area contributed by atoms with Crippen molar-refractivity contribution in [2.75, 3.05) is 26.0 Å². The molecule has 0 aliphatic carbocycles. The second-order valence-electron chi connectivity index (χ2n) is 7.27. The normalized spacial score (nSPS) is 15.2. The van der Waals surface area contributed by atoms with Crippen molar-refractivity contribution in [3.05, 3.63) is 57.5 Å². The summed E-state index contributed by atoms with van der Waals surface area (Å²) in [4.78, 5) is 39.8. The minimum absolute atomic E-state index is 0.0746. The first-order valence-electron chi connectivity index (χ1n) is 9.75. The van der Waals surface area contributed by atoms with E-state index in [1.54, 1.807) is 0 Å². The fraction of sp³-hybridized carbons (Fsp3) is 0.286. The SMILES string of the molecule is CCN1C(=O)C(Nc2cccc(C(=O)N(C)C)c2O)=C(NC(c2cccs2)C(F)(F)F)C1=O. The second-order valence-corrected chi connectivity index (χ2v) is 8.24. The van der Waals surface area contributed by atoms with Crippen LogP contribution < -0.4 is 10.6 Å². The number of halogens is 3. The number of likely N-dealkylation sites (N-methyl/N-ethyl adjacent to an activating group) is 1. The number of nitrogens with one attached hydrogen (secondary N) is 2. The van der Waals surface area contributed by atoms with Gasteiger partial charge in [0, 0.05) is 25.5 Å². The first kappa shape index (κ1) is 24.1. The van der Waals surface area contributed by atoms with Crippen LogP contribution in [0, 0.1) is 0 Å². The van der Waals surface area contributed by atoms with Crippen LogP contribution in [0.3, 0.4) is 0 Å². The van der Waals surface area contributed by atoms with Crippen molar-refractivity contribution < 1.29 is 32.7 Å². The second kappa shape index (κ2) is 9.14. The van der Waals surface area contributed by atoms with Crippen LogP contribution in [-0.2, 0) is 9.59 Å². The van der Waals surface area contributed by atoms with Crippen LogP contribution >= 0.6 is 11.3 Å². The third-order valence-corrected chi connectivity index (χ3v) is 5.80. The zero-order valence-corrected chi connectivity index (χ0v) is 18.7. The number of carbonyl (C=O) groups excluding carboxylic acids is 3. The predicted octanol–water partition coefficient (Wildman–Crippen LogP) is 3.06. The number of phenols is 1. The minimum atomic E-state index is -4.76. The molecule has 3 N–H and O–H groups in total. The summed E-state index contributed by atoms with van der Waals surface area (Å²) < 4.78 is 41.4. The monoisotopic (exact) mass is 482 g/mol. The van der Waals surface area contributed by atoms with Crippen LogP contribution in [0.1, 0.15) is 28.2 Å². The van der Waals surface area contributed by atoms with Gasteiger partial charge in [-0.15, -0.1) is 11.3 Å². The number of imide groups is 1. The molecular formula is C21H21F3N4O4S. The number of aromatic hydroxyl groups is 1. The highest BCUT2D eigenvalue weighted by atomic mass is 32.1. The van der Waals surface area contributed by atoms with Crippen molar-refractivity contribution in [2.24, 2.45) is 0 Å². The van der Waals surface area contributed by atoms with Crippen molar-refractivity contribution in [1.29, 1.82) is 0 Å². The summed E-state index contributed by atoms with van der Waals surface area (Å²) in [5.41, 5.74) is -1.24. The van der Waals surface area contributed by atoms with Gasteiger partial charge < -0.3 is 20.6 Å². The third-order valence-electron chi connectivity index (χ3n) is 4.86. The molecule has 0 radical (unpaired) electrons. The molecule has 8 nitrogen and oxygen atoms in total. The number of nitrogens with zero attached hydrogens (tertiary/aromatic N) is 2. The Morgan fingerprint density at radius 2 is 1.82 bits per heavy atom. The summed E-state index contributed by atoms with van der Waals surface area (Å²) in [6, 6.07) is 4.60. The fourth-order valence-electron chi connectivity index (χ4n) is 3.22. The summed E-state index contributed by atoms with van der Waals surface area (Å²) in [5, 5.41) is 16.8. The van der Waals surface area contributed by atoms with Gasteiger partial charge in [0.1, 0.15) is 11.4 Å². The Morgan fingerprint density at radius 1 is 1.15 bits per heavy atom. The van der Waals surface area contributed by atoms with Crippen LogP contribution in [0.2, 0.25) is 0 Å². The molecule has 0 saturated carbocycles. The van der Waals surface area contributed by atoms with Gasteiger partial charge in [0.25, 0.3) is 17.7 Å². The van der Waals surface area contributed by atoms with Crippen molar-refractivity contribution in [3.8, 4) is 5.75 Å². The summed E-state index contributed by atoms with van der Waals surface area (Å²) in [7, 11) is 2.96. The summed E-state index contributed by atoms with van der Waals surface area (Å²) >= 11 is 0.848. The number of rotatable bonds is 7. The summed E-state index contributed by atoms with van der Waals surface area (Å²) in [6.45, 7) is 1.43. The van der Waals surface area contributed by atoms with Gasteiger partial charge in [-0.05, 0) is 30.5 Å². The minimum Gasteiger partial charge on any atom is -0.505 e. The highest BCUT2D eigenvalue weighted by molar-refractivity contribution is 7.10. The maximum atomic E-state index is 13.8. The molecule has 12 heteroatoms. The molecule has 3 amide bonds. The first-order chi connectivity index (χ1) is 15.5. The molecule has 1 aliphatic rings. The molecule has 1 aliphatic heterocycles. The third kappa shape index (κ3) is 4.65. The van der Waals surface area contributed by atoms with Gasteiger partial charge in [-0.3, -0.25) is 19.3 Å². The van der Waals surface area contributed by atoms with E-state index >= 15 is 0 Å². The molecular weight excluding hydrogens is 461 g/mol. The lowest BCUT2D eigenvalue weighted by Crippen LogP contribution is -2.38. The van der Waals surface area contributed by atoms with Crippen LogP contribution in [0.5, 0.6) is 5.75 Å². The summed E-state index contributed by atoms with van der Waals surface area (Å²) in [5.74, 6) is -2.83. The Bertz CT molecular complexity index is 1110. The lowest BCUT2D eigenvalue weighted by atomic mass is 10.1. The Balaban J connectivity index is 2.06. The predicted molar refractivity (Wildman–Crippen MR) is 115 cm³/mol. The largest absolute Gasteiger partial charge is 0.505 e. The number of anilines is 1. The molecule has 1 atom stereocenters. The van der Waals surface area contributed by atoms with E-state index < -0.39 is 47.1 Å². The maximum absolute atomic E-state index is 13.8. The molecule has 2 heterocycles. The molecule has 3 rings (SSSR count). The number of hydrogen-bond donors (Lipinski definition) is 3. The number of alkyl halides is 3. The number of amides is 3. The average molecular weight is 482 g/mol. The van der Waals surface area contributed by atoms with Crippen LogP contribution in [0.15, 0.2) is 47.1 Å². The zero-order chi connectivity index (χ0) is 24.5. The van der Waals surface area contributed by atoms with Crippen LogP contribution in [-0.4, -0.2) is 59.4 Å². The van der Waals surface area contributed by atoms with E-state index in [1.807, 2.05) is 0 Å². The van der Waals surface area contributed by atoms with Gasteiger partial charge in [0.05, 0.1) is 11.3 Å². The van der Waals surface area contributed by atoms with Gasteiger partial charge in [-0.25, -0.2) is 0 Å². The van der Waals surface area contributed by atoms with Gasteiger partial charge in [-0.2, -0.15) is 13.2 Å². The van der Waals surface area contributed by atoms with Crippen molar-refractivity contribution in [2.45, 2.75) is 19.1 Å². The van der Waals surface area contributed by atoms with Gasteiger partial charge in [0.15, 0.2) is 11.8 Å². The molecule has 2 aromatic rings. The molecule has 33 heavy (non-hydrogen) atoms. The van der Waals surface area contributed by atoms with E-state index in [0.29, 0.717) is 0 Å². The molecule has 176 valence electrons. The van der Waals surface area contributed by atoms with Crippen molar-refractivity contribution in [1.82, 2.24) is 15.1 Å². The zero-order valence-electron chi connectivity index (χ0n) is 17.9. The molecule has 1 aromatic heterocycles. The number of phenolic OH excluding ortho intramolecular Hbond substituents is 1. The Hall–Kier alpha value is -3.54. The number of hydrogen-bond acceptors (Lipinski definition) is 7. The maximum Gasteiger partial charge on any atom is 0.413 e. The molecule has 0 bridgehead atoms. The Kier molecular flexibility index (Phi) is 6.68. The van der Waals surface area contributed by atoms with E-state index in [9.17, 15) is 32.7 Å². The van der Waals surface area contributed by atoms with Crippen molar-refractivity contribution in [3.63, 3.8) is 0 Å². The van der Waals surface area contributed by atoms with E-state index in [2.05, 4.69) is 10.6 Å². The molecule has 0 saturated heterocycles. The topological polar surface area (TPSA) is 102 Å². The van der Waals surface area contributed by atoms with Gasteiger partial charge in [0.2, 0.25) is 0 Å². The van der Waals surface area contributed by atoms with Crippen LogP contribution in [0.4, 0.5) is 18.9 Å². The Labute approximate surface area is 191 Å². The first-order valence-corrected chi connectivity index (χ1v) is 10.6. The average Bonchev–Trinajstić information content (AvgIpc) is 3.34. The highest BCUT2D eigenvalue weighted by Crippen LogP contribution is 2.37. The lowest BCUT2D eigenvalue weighted by molar-refractivity contribution is -0.155. The number of carbonyl (C=O) groups is 3. The lowest BCUT2D eigenvalue weighted by Gasteiger charge is -2.22. The standard InChI is InChI=1S/C21H21F3N4O4S/c1-4-28-19(31)14(25-12-8-5-7-11(16(12)29)18(30)27(2)3)15(20(28)32)26-17(21(22,23)24)13-9-6-10-33-13/h5-10,17,25-26,29H,4H2,1-3H3. The smallest absolute Gasteiger partial charge is 0.413 e. The van der Waals surface area contributed by atoms with E-state index in [4.69, 9.17) is 0 Å². The highest BCUT2D eigenvalue weighted by Gasteiger charge is 2.46. The molecule has 1 unspecified atom stereocenters. The number of para-hydroxylation sites is 1. The van der Waals surface area contributed by atoms with Crippen LogP contribution in [0.25, 0.3) is 0 Å². The van der Waals surface area contributed by atoms with E-state index in [0.717, 1.165) is 16.2 Å². The van der Waals surface area contributed by atoms with E-state index in [1.165, 1.54) is 61.6 Å². The molecule has 1 aromatic carbocycles. The van der Waals surface area contributed by atoms with Gasteiger partial charge >= 0.3 is 6.18 Å². The van der Waals surface area contributed by atoms with Gasteiger partial charge in [-0.1, -0.05) is 12.1 Å². The fourth-order valence-corrected chi connectivity index (χ4v) is 4.02. The quantitative estimate of drug-likeness (QED) is 0.414. The molecule has 0 fully saturated rings. The van der Waals surface area contributed by atoms with Crippen molar-refractivity contribution >= 4 is 34.7 Å².